The van der Waals surface area contributed by atoms with E-state index in [1.54, 1.807) is 0 Å². The van der Waals surface area contributed by atoms with Crippen LogP contribution in [0.1, 0.15) is 150 Å². The molecule has 0 N–H and O–H groups in total. The smallest absolute Gasteiger partial charge is 0.306 e. The second-order valence-electron chi connectivity index (χ2n) is 9.90. The van der Waals surface area contributed by atoms with Gasteiger partial charge in [-0.15, -0.1) is 0 Å². The number of rotatable bonds is 21. The number of carbonyl (C=O) groups is 1. The fourth-order valence-corrected chi connectivity index (χ4v) is 3.85. The predicted molar refractivity (Wildman–Crippen MR) is 133 cm³/mol. The molecule has 30 heavy (non-hydrogen) atoms. The third-order valence-corrected chi connectivity index (χ3v) is 6.24. The minimum absolute atomic E-state index is 0.00141. The van der Waals surface area contributed by atoms with Crippen LogP contribution >= 0.6 is 0 Å². The lowest BCUT2D eigenvalue weighted by Crippen LogP contribution is -2.31. The summed E-state index contributed by atoms with van der Waals surface area (Å²) in [5.74, 6) is 0.721. The molecule has 0 aromatic rings. The molecule has 0 aromatic carbocycles. The Morgan fingerprint density at radius 3 is 1.87 bits per heavy atom. The highest BCUT2D eigenvalue weighted by atomic mass is 16.6. The third kappa shape index (κ3) is 19.2. The molecule has 0 aromatic heterocycles. The summed E-state index contributed by atoms with van der Waals surface area (Å²) < 4.78 is 5.84. The first-order valence-electron chi connectivity index (χ1n) is 13.3. The summed E-state index contributed by atoms with van der Waals surface area (Å²) in [6.45, 7) is 11.0. The Kier molecular flexibility index (Phi) is 19.6. The molecule has 0 saturated carbocycles. The maximum atomic E-state index is 12.2. The molecule has 0 radical (unpaired) electrons. The standard InChI is InChI=1S/C28H54O2/c1-6-8-9-10-11-12-13-14-15-16-17-18-19-20-21-24-27(29)30-28(5,7-2)25-22-23-26(3)4/h14-15,26H,6-13,16-25H2,1-5H3/b15-14+. The Bertz CT molecular complexity index is 413. The first-order chi connectivity index (χ1) is 14.4. The minimum Gasteiger partial charge on any atom is -0.459 e. The lowest BCUT2D eigenvalue weighted by molar-refractivity contribution is -0.159. The molecule has 0 saturated heterocycles. The van der Waals surface area contributed by atoms with Crippen molar-refractivity contribution in [1.29, 1.82) is 0 Å². The molecular weight excluding hydrogens is 368 g/mol. The number of carbonyl (C=O) groups excluding carboxylic acids is 1. The van der Waals surface area contributed by atoms with Crippen LogP contribution in [0.25, 0.3) is 0 Å². The van der Waals surface area contributed by atoms with Crippen molar-refractivity contribution in [3.8, 4) is 0 Å². The van der Waals surface area contributed by atoms with Gasteiger partial charge in [-0.1, -0.05) is 97.6 Å². The van der Waals surface area contributed by atoms with E-state index in [1.807, 2.05) is 0 Å². The molecule has 178 valence electrons. The van der Waals surface area contributed by atoms with Crippen LogP contribution in [-0.2, 0) is 9.53 Å². The van der Waals surface area contributed by atoms with E-state index in [0.717, 1.165) is 38.0 Å². The van der Waals surface area contributed by atoms with Crippen LogP contribution in [0, 0.1) is 5.92 Å². The van der Waals surface area contributed by atoms with Crippen molar-refractivity contribution < 1.29 is 9.53 Å². The van der Waals surface area contributed by atoms with Gasteiger partial charge in [0, 0.05) is 6.42 Å². The van der Waals surface area contributed by atoms with Crippen LogP contribution in [0.5, 0.6) is 0 Å². The van der Waals surface area contributed by atoms with Gasteiger partial charge >= 0.3 is 5.97 Å². The van der Waals surface area contributed by atoms with Crippen LogP contribution < -0.4 is 0 Å². The Morgan fingerprint density at radius 1 is 0.800 bits per heavy atom. The van der Waals surface area contributed by atoms with E-state index in [2.05, 4.69) is 46.8 Å². The van der Waals surface area contributed by atoms with Gasteiger partial charge in [-0.05, 0) is 64.2 Å². The molecule has 0 aliphatic carbocycles. The molecule has 1 atom stereocenters. The lowest BCUT2D eigenvalue weighted by Gasteiger charge is -2.29. The molecule has 0 amide bonds. The van der Waals surface area contributed by atoms with Gasteiger partial charge in [0.05, 0.1) is 0 Å². The zero-order chi connectivity index (χ0) is 22.5. The highest BCUT2D eigenvalue weighted by Gasteiger charge is 2.26. The maximum Gasteiger partial charge on any atom is 0.306 e. The number of unbranched alkanes of at least 4 members (excludes halogenated alkanes) is 11. The van der Waals surface area contributed by atoms with E-state index < -0.39 is 0 Å². The summed E-state index contributed by atoms with van der Waals surface area (Å²) in [5, 5.41) is 0. The fraction of sp³-hybridized carbons (Fsp3) is 0.893. The number of hydrogen-bond donors (Lipinski definition) is 0. The molecule has 0 aliphatic heterocycles. The number of allylic oxidation sites excluding steroid dienone is 2. The summed E-state index contributed by atoms with van der Waals surface area (Å²) in [7, 11) is 0. The highest BCUT2D eigenvalue weighted by Crippen LogP contribution is 2.25. The number of esters is 1. The Morgan fingerprint density at radius 2 is 1.33 bits per heavy atom. The zero-order valence-electron chi connectivity index (χ0n) is 21.3. The van der Waals surface area contributed by atoms with Crippen molar-refractivity contribution in [2.24, 2.45) is 5.92 Å². The van der Waals surface area contributed by atoms with E-state index in [0.29, 0.717) is 6.42 Å². The number of ether oxygens (including phenoxy) is 1. The zero-order valence-corrected chi connectivity index (χ0v) is 21.3. The van der Waals surface area contributed by atoms with Crippen molar-refractivity contribution in [3.63, 3.8) is 0 Å². The van der Waals surface area contributed by atoms with E-state index in [4.69, 9.17) is 4.74 Å². The third-order valence-electron chi connectivity index (χ3n) is 6.24. The quantitative estimate of drug-likeness (QED) is 0.104. The van der Waals surface area contributed by atoms with Gasteiger partial charge in [0.15, 0.2) is 0 Å². The van der Waals surface area contributed by atoms with E-state index in [-0.39, 0.29) is 11.6 Å². The summed E-state index contributed by atoms with van der Waals surface area (Å²) in [5.41, 5.74) is -0.270. The lowest BCUT2D eigenvalue weighted by atomic mass is 9.93. The van der Waals surface area contributed by atoms with Gasteiger partial charge < -0.3 is 4.74 Å². The van der Waals surface area contributed by atoms with Gasteiger partial charge in [-0.25, -0.2) is 0 Å². The van der Waals surface area contributed by atoms with Crippen LogP contribution in [0.4, 0.5) is 0 Å². The van der Waals surface area contributed by atoms with Crippen molar-refractivity contribution in [2.75, 3.05) is 0 Å². The molecule has 0 heterocycles. The van der Waals surface area contributed by atoms with E-state index in [9.17, 15) is 4.79 Å². The Labute approximate surface area is 189 Å². The second-order valence-corrected chi connectivity index (χ2v) is 9.90. The van der Waals surface area contributed by atoms with Gasteiger partial charge in [0.1, 0.15) is 5.60 Å². The normalized spacial score (nSPS) is 13.8. The molecule has 0 bridgehead atoms. The summed E-state index contributed by atoms with van der Waals surface area (Å²) in [4.78, 5) is 12.2. The van der Waals surface area contributed by atoms with Gasteiger partial charge in [0.25, 0.3) is 0 Å². The first-order valence-corrected chi connectivity index (χ1v) is 13.3. The molecular formula is C28H54O2. The Balaban J connectivity index is 3.58. The molecule has 2 heteroatoms. The number of hydrogen-bond acceptors (Lipinski definition) is 2. The van der Waals surface area contributed by atoms with Crippen LogP contribution in [0.15, 0.2) is 12.2 Å². The van der Waals surface area contributed by atoms with Crippen molar-refractivity contribution in [3.05, 3.63) is 12.2 Å². The van der Waals surface area contributed by atoms with Crippen molar-refractivity contribution in [2.45, 2.75) is 156 Å². The predicted octanol–water partition coefficient (Wildman–Crippen LogP) is 9.56. The molecule has 2 nitrogen and oxygen atoms in total. The summed E-state index contributed by atoms with van der Waals surface area (Å²) in [6.07, 6.45) is 26.2. The first kappa shape index (κ1) is 29.2. The monoisotopic (exact) mass is 422 g/mol. The van der Waals surface area contributed by atoms with Gasteiger partial charge in [-0.3, -0.25) is 4.79 Å². The van der Waals surface area contributed by atoms with Crippen LogP contribution in [-0.4, -0.2) is 11.6 Å². The van der Waals surface area contributed by atoms with Crippen LogP contribution in [0.3, 0.4) is 0 Å². The molecule has 0 rings (SSSR count). The largest absolute Gasteiger partial charge is 0.459 e. The van der Waals surface area contributed by atoms with E-state index >= 15 is 0 Å². The second kappa shape index (κ2) is 20.1. The summed E-state index contributed by atoms with van der Waals surface area (Å²) in [6, 6.07) is 0. The summed E-state index contributed by atoms with van der Waals surface area (Å²) >= 11 is 0. The highest BCUT2D eigenvalue weighted by molar-refractivity contribution is 5.69. The molecule has 0 aliphatic rings. The molecule has 1 unspecified atom stereocenters. The van der Waals surface area contributed by atoms with E-state index in [1.165, 1.54) is 77.0 Å². The average Bonchev–Trinajstić information content (AvgIpc) is 2.70. The maximum absolute atomic E-state index is 12.2. The Hall–Kier alpha value is -0.790. The molecule has 0 fully saturated rings. The topological polar surface area (TPSA) is 26.3 Å². The van der Waals surface area contributed by atoms with Gasteiger partial charge in [0.2, 0.25) is 0 Å². The average molecular weight is 423 g/mol. The fourth-order valence-electron chi connectivity index (χ4n) is 3.85. The SMILES string of the molecule is CCCCCCCC/C=C/CCCCCCCC(=O)OC(C)(CC)CCCC(C)C. The minimum atomic E-state index is -0.270. The van der Waals surface area contributed by atoms with Gasteiger partial charge in [-0.2, -0.15) is 0 Å². The van der Waals surface area contributed by atoms with Crippen molar-refractivity contribution >= 4 is 5.97 Å². The molecule has 0 spiro atoms. The van der Waals surface area contributed by atoms with Crippen molar-refractivity contribution in [1.82, 2.24) is 0 Å². The van der Waals surface area contributed by atoms with Crippen LogP contribution in [0.2, 0.25) is 0 Å².